The van der Waals surface area contributed by atoms with E-state index in [0.29, 0.717) is 18.2 Å². The molecule has 1 saturated heterocycles. The van der Waals surface area contributed by atoms with E-state index >= 15 is 0 Å². The van der Waals surface area contributed by atoms with E-state index in [1.165, 1.54) is 19.9 Å². The Kier molecular flexibility index (Phi) is 5.74. The molecule has 2 bridgehead atoms. The SMILES string of the molecule is CC(C)[C@@H](NC(=O)C1C=CC2=C(N1)N(C(=O)Nc1ccccn1)[C@H]1CCN2C1)C(F)(F)F. The Bertz CT molecular complexity index is 947. The standard InChI is InChI=1S/C21H25F3N6O2/c1-12(2)17(21(22,23)24)28-19(31)14-6-7-15-18(26-14)30(13-8-10-29(15)11-13)20(32)27-16-5-3-4-9-25-16/h3-7,9,12-14,17,26H,8,10-11H2,1-2H3,(H,28,31)(H,25,27,32)/t13-,14?,17+/m0/s1. The first-order valence-electron chi connectivity index (χ1n) is 10.5. The summed E-state index contributed by atoms with van der Waals surface area (Å²) in [5, 5.41) is 7.83. The van der Waals surface area contributed by atoms with Crippen molar-refractivity contribution < 1.29 is 22.8 Å². The number of hydrogen-bond donors (Lipinski definition) is 3. The Morgan fingerprint density at radius 3 is 2.72 bits per heavy atom. The monoisotopic (exact) mass is 450 g/mol. The van der Waals surface area contributed by atoms with Gasteiger partial charge in [0, 0.05) is 19.3 Å². The first kappa shape index (κ1) is 22.0. The number of halogens is 3. The molecule has 1 aromatic rings. The minimum atomic E-state index is -4.56. The summed E-state index contributed by atoms with van der Waals surface area (Å²) in [7, 11) is 0. The number of hydrogen-bond acceptors (Lipinski definition) is 5. The van der Waals surface area contributed by atoms with Crippen molar-refractivity contribution in [3.63, 3.8) is 0 Å². The number of pyridine rings is 1. The summed E-state index contributed by atoms with van der Waals surface area (Å²) in [6.45, 7) is 4.18. The molecular weight excluding hydrogens is 425 g/mol. The van der Waals surface area contributed by atoms with Crippen molar-refractivity contribution in [2.75, 3.05) is 18.4 Å². The second kappa shape index (κ2) is 8.36. The lowest BCUT2D eigenvalue weighted by atomic mass is 10.0. The number of carbonyl (C=O) groups is 2. The topological polar surface area (TPSA) is 89.6 Å². The van der Waals surface area contributed by atoms with Crippen LogP contribution in [0, 0.1) is 5.92 Å². The Hall–Kier alpha value is -3.24. The van der Waals surface area contributed by atoms with Crippen LogP contribution in [-0.2, 0) is 4.79 Å². The van der Waals surface area contributed by atoms with Crippen molar-refractivity contribution in [2.45, 2.75) is 44.6 Å². The van der Waals surface area contributed by atoms with Gasteiger partial charge in [0.15, 0.2) is 0 Å². The third-order valence-corrected chi connectivity index (χ3v) is 5.81. The molecule has 3 atom stereocenters. The third-order valence-electron chi connectivity index (χ3n) is 5.81. The van der Waals surface area contributed by atoms with Gasteiger partial charge in [-0.1, -0.05) is 26.0 Å². The van der Waals surface area contributed by atoms with Crippen LogP contribution < -0.4 is 16.0 Å². The molecular formula is C21H25F3N6O2. The number of alkyl halides is 3. The lowest BCUT2D eigenvalue weighted by Gasteiger charge is -2.41. The Morgan fingerprint density at radius 1 is 1.28 bits per heavy atom. The summed E-state index contributed by atoms with van der Waals surface area (Å²) in [5.41, 5.74) is 0.732. The highest BCUT2D eigenvalue weighted by Crippen LogP contribution is 2.34. The normalized spacial score (nSPS) is 23.1. The summed E-state index contributed by atoms with van der Waals surface area (Å²) in [4.78, 5) is 33.5. The summed E-state index contributed by atoms with van der Waals surface area (Å²) >= 11 is 0. The van der Waals surface area contributed by atoms with Gasteiger partial charge in [-0.3, -0.25) is 15.0 Å². The van der Waals surface area contributed by atoms with E-state index in [4.69, 9.17) is 0 Å². The molecule has 3 N–H and O–H groups in total. The largest absolute Gasteiger partial charge is 0.408 e. The van der Waals surface area contributed by atoms with Gasteiger partial charge in [-0.25, -0.2) is 9.78 Å². The van der Waals surface area contributed by atoms with Gasteiger partial charge in [-0.05, 0) is 30.5 Å². The Balaban J connectivity index is 1.54. The molecule has 11 heteroatoms. The number of amides is 3. The van der Waals surface area contributed by atoms with Gasteiger partial charge in [-0.2, -0.15) is 13.2 Å². The zero-order chi connectivity index (χ0) is 23.0. The quantitative estimate of drug-likeness (QED) is 0.656. The molecule has 0 aromatic carbocycles. The fourth-order valence-electron chi connectivity index (χ4n) is 4.23. The number of nitrogens with zero attached hydrogens (tertiary/aromatic N) is 3. The molecule has 1 aromatic heterocycles. The van der Waals surface area contributed by atoms with Crippen molar-refractivity contribution in [3.8, 4) is 0 Å². The summed E-state index contributed by atoms with van der Waals surface area (Å²) in [6.07, 6.45) is 0.947. The van der Waals surface area contributed by atoms with Gasteiger partial charge in [0.25, 0.3) is 0 Å². The van der Waals surface area contributed by atoms with Crippen molar-refractivity contribution in [3.05, 3.63) is 48.1 Å². The maximum Gasteiger partial charge on any atom is 0.408 e. The number of allylic oxidation sites excluding steroid dienone is 1. The maximum absolute atomic E-state index is 13.3. The number of aromatic nitrogens is 1. The van der Waals surface area contributed by atoms with Gasteiger partial charge < -0.3 is 15.5 Å². The minimum absolute atomic E-state index is 0.126. The van der Waals surface area contributed by atoms with E-state index in [0.717, 1.165) is 18.7 Å². The summed E-state index contributed by atoms with van der Waals surface area (Å²) < 4.78 is 39.9. The molecule has 0 aliphatic carbocycles. The van der Waals surface area contributed by atoms with Crippen LogP contribution in [0.15, 0.2) is 48.1 Å². The van der Waals surface area contributed by atoms with E-state index in [1.807, 2.05) is 0 Å². The van der Waals surface area contributed by atoms with Crippen LogP contribution in [0.5, 0.6) is 0 Å². The molecule has 8 nitrogen and oxygen atoms in total. The molecule has 3 aliphatic heterocycles. The number of carbonyl (C=O) groups excluding carboxylic acids is 2. The van der Waals surface area contributed by atoms with Crippen LogP contribution in [0.3, 0.4) is 0 Å². The first-order chi connectivity index (χ1) is 15.1. The van der Waals surface area contributed by atoms with E-state index in [2.05, 4.69) is 25.8 Å². The van der Waals surface area contributed by atoms with Crippen LogP contribution >= 0.6 is 0 Å². The van der Waals surface area contributed by atoms with Crippen LogP contribution in [0.2, 0.25) is 0 Å². The van der Waals surface area contributed by atoms with Crippen molar-refractivity contribution in [1.82, 2.24) is 25.4 Å². The van der Waals surface area contributed by atoms with Crippen molar-refractivity contribution >= 4 is 17.8 Å². The average Bonchev–Trinajstić information content (AvgIpc) is 3.15. The highest BCUT2D eigenvalue weighted by Gasteiger charge is 2.45. The second-order valence-corrected chi connectivity index (χ2v) is 8.39. The molecule has 1 unspecified atom stereocenters. The van der Waals surface area contributed by atoms with Gasteiger partial charge in [0.05, 0.1) is 11.7 Å². The van der Waals surface area contributed by atoms with E-state index in [9.17, 15) is 22.8 Å². The zero-order valence-corrected chi connectivity index (χ0v) is 17.7. The predicted molar refractivity (Wildman–Crippen MR) is 111 cm³/mol. The highest BCUT2D eigenvalue weighted by molar-refractivity contribution is 5.91. The number of fused-ring (bicyclic) bond motifs is 3. The Morgan fingerprint density at radius 2 is 2.06 bits per heavy atom. The van der Waals surface area contributed by atoms with E-state index in [1.54, 1.807) is 35.4 Å². The third kappa shape index (κ3) is 4.23. The fraction of sp³-hybridized carbons (Fsp3) is 0.476. The zero-order valence-electron chi connectivity index (χ0n) is 17.7. The molecule has 3 amide bonds. The van der Waals surface area contributed by atoms with Crippen LogP contribution in [0.4, 0.5) is 23.8 Å². The number of dihydropyridines is 1. The average molecular weight is 450 g/mol. The van der Waals surface area contributed by atoms with Crippen molar-refractivity contribution in [2.24, 2.45) is 5.92 Å². The highest BCUT2D eigenvalue weighted by atomic mass is 19.4. The van der Waals surface area contributed by atoms with E-state index < -0.39 is 36.1 Å². The van der Waals surface area contributed by atoms with Gasteiger partial charge >= 0.3 is 12.2 Å². The molecule has 4 rings (SSSR count). The molecule has 1 fully saturated rings. The van der Waals surface area contributed by atoms with E-state index in [-0.39, 0.29) is 6.04 Å². The molecule has 0 radical (unpaired) electrons. The number of rotatable bonds is 4. The first-order valence-corrected chi connectivity index (χ1v) is 10.5. The molecule has 4 heterocycles. The Labute approximate surface area is 183 Å². The molecule has 32 heavy (non-hydrogen) atoms. The molecule has 0 saturated carbocycles. The van der Waals surface area contributed by atoms with Crippen LogP contribution in [-0.4, -0.2) is 64.1 Å². The summed E-state index contributed by atoms with van der Waals surface area (Å²) in [5.74, 6) is -0.839. The molecule has 3 aliphatic rings. The number of urea groups is 1. The fourth-order valence-corrected chi connectivity index (χ4v) is 4.23. The lowest BCUT2D eigenvalue weighted by Crippen LogP contribution is -2.58. The lowest BCUT2D eigenvalue weighted by molar-refractivity contribution is -0.170. The predicted octanol–water partition coefficient (Wildman–Crippen LogP) is 2.40. The number of nitrogens with one attached hydrogen (secondary N) is 3. The van der Waals surface area contributed by atoms with Crippen LogP contribution in [0.1, 0.15) is 20.3 Å². The minimum Gasteiger partial charge on any atom is -0.366 e. The van der Waals surface area contributed by atoms with Crippen molar-refractivity contribution in [1.29, 1.82) is 0 Å². The van der Waals surface area contributed by atoms with Gasteiger partial charge in [0.1, 0.15) is 23.7 Å². The molecule has 172 valence electrons. The van der Waals surface area contributed by atoms with Crippen LogP contribution in [0.25, 0.3) is 0 Å². The second-order valence-electron chi connectivity index (χ2n) is 8.39. The van der Waals surface area contributed by atoms with Gasteiger partial charge in [0.2, 0.25) is 5.91 Å². The maximum atomic E-state index is 13.3. The number of anilines is 1. The molecule has 0 spiro atoms. The smallest absolute Gasteiger partial charge is 0.366 e. The summed E-state index contributed by atoms with van der Waals surface area (Å²) in [6, 6.07) is 1.59. The van der Waals surface area contributed by atoms with Gasteiger partial charge in [-0.15, -0.1) is 0 Å².